The minimum atomic E-state index is -1.87. The lowest BCUT2D eigenvalue weighted by molar-refractivity contribution is 0.0934. The molecule has 0 aliphatic rings. The summed E-state index contributed by atoms with van der Waals surface area (Å²) >= 11 is 29.2. The second-order valence-electron chi connectivity index (χ2n) is 5.25. The molecule has 1 atom stereocenters. The number of halogens is 4. The van der Waals surface area contributed by atoms with E-state index in [0.29, 0.717) is 11.4 Å². The van der Waals surface area contributed by atoms with Crippen LogP contribution in [0.3, 0.4) is 0 Å². The number of anilines is 1. The molecule has 0 unspecified atom stereocenters. The maximum atomic E-state index is 12.4. The normalized spacial score (nSPS) is 12.0. The van der Waals surface area contributed by atoms with Gasteiger partial charge in [0.25, 0.3) is 5.91 Å². The first-order chi connectivity index (χ1) is 12.7. The van der Waals surface area contributed by atoms with Gasteiger partial charge in [0.15, 0.2) is 5.11 Å². The van der Waals surface area contributed by atoms with E-state index in [2.05, 4.69) is 16.0 Å². The Balaban J connectivity index is 2.06. The van der Waals surface area contributed by atoms with Crippen LogP contribution in [0.15, 0.2) is 48.5 Å². The van der Waals surface area contributed by atoms with Gasteiger partial charge in [0.2, 0.25) is 3.79 Å². The van der Waals surface area contributed by atoms with Crippen LogP contribution in [-0.4, -0.2) is 28.1 Å². The number of nitrogens with one attached hydrogen (secondary N) is 3. The van der Waals surface area contributed by atoms with Gasteiger partial charge in [-0.2, -0.15) is 0 Å². The number of hydrogen-bond acceptors (Lipinski definition) is 3. The highest BCUT2D eigenvalue weighted by Crippen LogP contribution is 2.29. The van der Waals surface area contributed by atoms with Gasteiger partial charge in [0, 0.05) is 5.69 Å². The molecule has 1 amide bonds. The Morgan fingerprint density at radius 1 is 1.07 bits per heavy atom. The molecule has 0 aromatic heterocycles. The number of methoxy groups -OCH3 is 1. The molecule has 0 fully saturated rings. The van der Waals surface area contributed by atoms with E-state index in [1.165, 1.54) is 0 Å². The smallest absolute Gasteiger partial charge is 0.254 e. The topological polar surface area (TPSA) is 62.4 Å². The van der Waals surface area contributed by atoms with Crippen molar-refractivity contribution < 1.29 is 9.53 Å². The van der Waals surface area contributed by atoms with Crippen molar-refractivity contribution in [3.8, 4) is 5.75 Å². The maximum absolute atomic E-state index is 12.4. The molecule has 2 aromatic rings. The molecule has 144 valence electrons. The third kappa shape index (κ3) is 6.59. The van der Waals surface area contributed by atoms with Gasteiger partial charge in [-0.3, -0.25) is 4.79 Å². The van der Waals surface area contributed by atoms with Gasteiger partial charge in [-0.1, -0.05) is 58.5 Å². The fraction of sp³-hybridized carbons (Fsp3) is 0.176. The van der Waals surface area contributed by atoms with E-state index < -0.39 is 15.9 Å². The van der Waals surface area contributed by atoms with Crippen molar-refractivity contribution in [1.29, 1.82) is 0 Å². The number of rotatable bonds is 5. The predicted octanol–water partition coefficient (Wildman–Crippen LogP) is 4.76. The second-order valence-corrected chi connectivity index (χ2v) is 8.44. The molecule has 0 heterocycles. The number of carbonyl (C=O) groups is 1. The molecule has 5 nitrogen and oxygen atoms in total. The quantitative estimate of drug-likeness (QED) is 0.337. The summed E-state index contributed by atoms with van der Waals surface area (Å²) in [4.78, 5) is 12.4. The molecule has 2 rings (SSSR count). The van der Waals surface area contributed by atoms with Gasteiger partial charge in [-0.05, 0) is 48.6 Å². The Morgan fingerprint density at radius 2 is 1.70 bits per heavy atom. The molecule has 0 saturated carbocycles. The molecule has 3 N–H and O–H groups in total. The number of thiocarbonyl (C=S) groups is 1. The lowest BCUT2D eigenvalue weighted by atomic mass is 10.2. The average Bonchev–Trinajstić information content (AvgIpc) is 2.61. The highest BCUT2D eigenvalue weighted by Gasteiger charge is 2.35. The van der Waals surface area contributed by atoms with E-state index in [1.807, 2.05) is 0 Å². The van der Waals surface area contributed by atoms with E-state index in [0.717, 1.165) is 0 Å². The molecule has 0 saturated heterocycles. The van der Waals surface area contributed by atoms with E-state index in [-0.39, 0.29) is 15.7 Å². The molecule has 0 bridgehead atoms. The van der Waals surface area contributed by atoms with Crippen LogP contribution in [0.4, 0.5) is 5.69 Å². The Labute approximate surface area is 182 Å². The van der Waals surface area contributed by atoms with Crippen LogP contribution < -0.4 is 20.7 Å². The molecule has 27 heavy (non-hydrogen) atoms. The Kier molecular flexibility index (Phi) is 7.82. The Morgan fingerprint density at radius 3 is 2.26 bits per heavy atom. The molecule has 0 aliphatic carbocycles. The van der Waals surface area contributed by atoms with Crippen molar-refractivity contribution in [3.63, 3.8) is 0 Å². The summed E-state index contributed by atoms with van der Waals surface area (Å²) in [6, 6.07) is 13.6. The number of benzene rings is 2. The third-order valence-electron chi connectivity index (χ3n) is 3.34. The number of amides is 1. The molecule has 0 aliphatic heterocycles. The van der Waals surface area contributed by atoms with E-state index in [9.17, 15) is 4.79 Å². The zero-order valence-corrected chi connectivity index (χ0v) is 17.8. The van der Waals surface area contributed by atoms with Crippen LogP contribution in [0, 0.1) is 0 Å². The molecule has 0 radical (unpaired) electrons. The molecule has 0 spiro atoms. The van der Waals surface area contributed by atoms with Gasteiger partial charge >= 0.3 is 0 Å². The summed E-state index contributed by atoms with van der Waals surface area (Å²) in [6.45, 7) is 0. The monoisotopic (exact) mass is 465 g/mol. The predicted molar refractivity (Wildman–Crippen MR) is 115 cm³/mol. The molecular formula is C17H15Cl4N3O2S. The molecular weight excluding hydrogens is 452 g/mol. The first-order valence-electron chi connectivity index (χ1n) is 7.54. The first-order valence-corrected chi connectivity index (χ1v) is 9.46. The zero-order chi connectivity index (χ0) is 20.0. The van der Waals surface area contributed by atoms with Crippen LogP contribution in [0.5, 0.6) is 5.75 Å². The van der Waals surface area contributed by atoms with E-state index in [4.69, 9.17) is 63.4 Å². The van der Waals surface area contributed by atoms with Gasteiger partial charge in [-0.25, -0.2) is 0 Å². The van der Waals surface area contributed by atoms with Gasteiger partial charge in [0.05, 0.1) is 17.7 Å². The van der Waals surface area contributed by atoms with Crippen molar-refractivity contribution in [3.05, 3.63) is 59.1 Å². The van der Waals surface area contributed by atoms with Crippen LogP contribution in [0.25, 0.3) is 0 Å². The minimum Gasteiger partial charge on any atom is -0.497 e. The number of ether oxygens (including phenoxy) is 1. The highest BCUT2D eigenvalue weighted by molar-refractivity contribution is 7.80. The zero-order valence-electron chi connectivity index (χ0n) is 13.9. The van der Waals surface area contributed by atoms with Crippen LogP contribution in [0.1, 0.15) is 10.4 Å². The van der Waals surface area contributed by atoms with Crippen LogP contribution >= 0.6 is 58.6 Å². The van der Waals surface area contributed by atoms with E-state index in [1.54, 1.807) is 55.6 Å². The van der Waals surface area contributed by atoms with Crippen molar-refractivity contribution in [2.45, 2.75) is 9.96 Å². The van der Waals surface area contributed by atoms with Crippen LogP contribution in [0.2, 0.25) is 5.02 Å². The highest BCUT2D eigenvalue weighted by atomic mass is 35.6. The second kappa shape index (κ2) is 9.66. The van der Waals surface area contributed by atoms with Gasteiger partial charge < -0.3 is 20.7 Å². The summed E-state index contributed by atoms with van der Waals surface area (Å²) in [6.07, 6.45) is -1.11. The third-order valence-corrected chi connectivity index (χ3v) is 4.55. The lowest BCUT2D eigenvalue weighted by Gasteiger charge is -2.28. The average molecular weight is 467 g/mol. The first kappa shape index (κ1) is 21.9. The van der Waals surface area contributed by atoms with Crippen molar-refractivity contribution in [2.24, 2.45) is 0 Å². The fourth-order valence-corrected chi connectivity index (χ4v) is 2.81. The number of carbonyl (C=O) groups excluding carboxylic acids is 1. The fourth-order valence-electron chi connectivity index (χ4n) is 2.03. The minimum absolute atomic E-state index is 0.149. The van der Waals surface area contributed by atoms with Gasteiger partial charge in [-0.15, -0.1) is 0 Å². The van der Waals surface area contributed by atoms with Gasteiger partial charge in [0.1, 0.15) is 11.9 Å². The Hall–Kier alpha value is -1.44. The summed E-state index contributed by atoms with van der Waals surface area (Å²) in [5, 5.41) is 8.70. The van der Waals surface area contributed by atoms with E-state index >= 15 is 0 Å². The summed E-state index contributed by atoms with van der Waals surface area (Å²) in [5.41, 5.74) is 0.933. The van der Waals surface area contributed by atoms with Crippen LogP contribution in [-0.2, 0) is 0 Å². The standard InChI is InChI=1S/C17H15Cl4N3O2S/c1-26-11-8-6-10(7-9-11)22-16(27)24-15(17(19,20)21)23-14(25)12-4-2-3-5-13(12)18/h2-9,15H,1H3,(H,23,25)(H2,22,24,27)/t15-/m0/s1. The summed E-state index contributed by atoms with van der Waals surface area (Å²) in [7, 11) is 1.57. The van der Waals surface area contributed by atoms with Crippen molar-refractivity contribution in [2.75, 3.05) is 12.4 Å². The van der Waals surface area contributed by atoms with Crippen molar-refractivity contribution >= 4 is 75.3 Å². The number of hydrogen-bond donors (Lipinski definition) is 3. The number of alkyl halides is 3. The van der Waals surface area contributed by atoms with Crippen molar-refractivity contribution in [1.82, 2.24) is 10.6 Å². The summed E-state index contributed by atoms with van der Waals surface area (Å²) in [5.74, 6) is 0.183. The Bertz CT molecular complexity index is 813. The molecule has 2 aromatic carbocycles. The maximum Gasteiger partial charge on any atom is 0.254 e. The SMILES string of the molecule is COc1ccc(NC(=S)N[C@H](NC(=O)c2ccccc2Cl)C(Cl)(Cl)Cl)cc1. The largest absolute Gasteiger partial charge is 0.497 e. The summed E-state index contributed by atoms with van der Waals surface area (Å²) < 4.78 is 3.22. The molecule has 10 heteroatoms. The lowest BCUT2D eigenvalue weighted by Crippen LogP contribution is -2.56.